The van der Waals surface area contributed by atoms with Crippen LogP contribution in [0, 0.1) is 23.2 Å². The molecule has 0 spiro atoms. The monoisotopic (exact) mass is 297 g/mol. The molecule has 124 valence electrons. The highest BCUT2D eigenvalue weighted by Gasteiger charge is 2.48. The zero-order valence-corrected chi connectivity index (χ0v) is 14.5. The van der Waals surface area contributed by atoms with E-state index in [1.54, 1.807) is 0 Å². The molecule has 2 aliphatic carbocycles. The molecule has 21 heavy (non-hydrogen) atoms. The number of hydrogen-bond acceptors (Lipinski definition) is 4. The largest absolute Gasteiger partial charge is 0.401 e. The average molecular weight is 297 g/mol. The van der Waals surface area contributed by atoms with Gasteiger partial charge in [-0.25, -0.2) is 5.84 Å². The Hall–Kier alpha value is -0.740. The summed E-state index contributed by atoms with van der Waals surface area (Å²) in [6, 6.07) is 0. The van der Waals surface area contributed by atoms with Gasteiger partial charge in [0.2, 0.25) is 0 Å². The van der Waals surface area contributed by atoms with Crippen LogP contribution in [0.15, 0.2) is 11.4 Å². The van der Waals surface area contributed by atoms with Crippen molar-refractivity contribution in [3.8, 4) is 0 Å². The molecule has 2 rings (SSSR count). The third-order valence-electron chi connectivity index (χ3n) is 4.54. The van der Waals surface area contributed by atoms with Crippen molar-refractivity contribution in [3.05, 3.63) is 11.4 Å². The van der Waals surface area contributed by atoms with E-state index in [-0.39, 0.29) is 5.41 Å². The van der Waals surface area contributed by atoms with Gasteiger partial charge < -0.3 is 15.8 Å². The molecule has 0 bridgehead atoms. The van der Waals surface area contributed by atoms with Crippen LogP contribution in [0.4, 0.5) is 0 Å². The molecule has 4 heteroatoms. The smallest absolute Gasteiger partial charge is 0.0478 e. The molecule has 0 aliphatic heterocycles. The number of nitrogens with two attached hydrogens (primary N) is 2. The van der Waals surface area contributed by atoms with E-state index in [1.165, 1.54) is 0 Å². The summed E-state index contributed by atoms with van der Waals surface area (Å²) in [7, 11) is 0. The van der Waals surface area contributed by atoms with Gasteiger partial charge in [-0.2, -0.15) is 0 Å². The van der Waals surface area contributed by atoms with Gasteiger partial charge in [0.15, 0.2) is 0 Å². The van der Waals surface area contributed by atoms with E-state index in [1.807, 2.05) is 18.9 Å². The molecule has 0 amide bonds. The quantitative estimate of drug-likeness (QED) is 0.553. The standard InChI is InChI=1S/C15H29N3O.C2H6/c1-15(2,3)9-18(17)14-7-5-11-10(12(11)8-19)4-6-13(14)16;1-2/h10-12,19H,4-9,16-17H2,1-3H3;1-2H3/b14-13-;/t10-,11+,12-;/m1./s1. The molecule has 2 aliphatic rings. The van der Waals surface area contributed by atoms with E-state index in [0.717, 1.165) is 43.6 Å². The minimum atomic E-state index is 0.167. The van der Waals surface area contributed by atoms with Crippen LogP contribution in [0.3, 0.4) is 0 Å². The zero-order chi connectivity index (χ0) is 16.2. The van der Waals surface area contributed by atoms with Gasteiger partial charge in [-0.05, 0) is 48.9 Å². The van der Waals surface area contributed by atoms with E-state index >= 15 is 0 Å². The SMILES string of the molecule is CC.CC(C)(C)CN(N)/C1=C(\N)CC[C@H]2[C@@H](CO)[C@H]2CC1. The molecule has 0 aromatic heterocycles. The maximum absolute atomic E-state index is 9.33. The van der Waals surface area contributed by atoms with Crippen LogP contribution in [0.25, 0.3) is 0 Å². The Bertz CT molecular complexity index is 360. The van der Waals surface area contributed by atoms with E-state index < -0.39 is 0 Å². The topological polar surface area (TPSA) is 75.5 Å². The summed E-state index contributed by atoms with van der Waals surface area (Å²) in [5.74, 6) is 8.12. The summed E-state index contributed by atoms with van der Waals surface area (Å²) in [6.07, 6.45) is 4.10. The molecule has 0 aromatic rings. The lowest BCUT2D eigenvalue weighted by molar-refractivity contribution is 0.226. The van der Waals surface area contributed by atoms with Gasteiger partial charge in [-0.1, -0.05) is 34.6 Å². The molecule has 0 radical (unpaired) electrons. The normalized spacial score (nSPS) is 32.2. The molecule has 5 N–H and O–H groups in total. The lowest BCUT2D eigenvalue weighted by atomic mass is 9.95. The van der Waals surface area contributed by atoms with Gasteiger partial charge in [-0.3, -0.25) is 0 Å². The fourth-order valence-electron chi connectivity index (χ4n) is 3.52. The lowest BCUT2D eigenvalue weighted by Gasteiger charge is -2.31. The molecule has 4 nitrogen and oxygen atoms in total. The Balaban J connectivity index is 0.00000106. The number of aliphatic hydroxyl groups excluding tert-OH is 1. The van der Waals surface area contributed by atoms with Crippen molar-refractivity contribution in [1.82, 2.24) is 5.01 Å². The van der Waals surface area contributed by atoms with Crippen molar-refractivity contribution in [3.63, 3.8) is 0 Å². The van der Waals surface area contributed by atoms with Crippen LogP contribution in [0.2, 0.25) is 0 Å². The molecular weight excluding hydrogens is 262 g/mol. The molecule has 0 aromatic carbocycles. The van der Waals surface area contributed by atoms with Gasteiger partial charge in [0.25, 0.3) is 0 Å². The number of nitrogens with zero attached hydrogens (tertiary/aromatic N) is 1. The van der Waals surface area contributed by atoms with E-state index in [0.29, 0.717) is 24.4 Å². The first-order valence-corrected chi connectivity index (χ1v) is 8.44. The van der Waals surface area contributed by atoms with Crippen molar-refractivity contribution in [1.29, 1.82) is 0 Å². The Morgan fingerprint density at radius 1 is 1.14 bits per heavy atom. The third-order valence-corrected chi connectivity index (χ3v) is 4.54. The van der Waals surface area contributed by atoms with Crippen molar-refractivity contribution < 1.29 is 5.11 Å². The second-order valence-electron chi connectivity index (χ2n) is 7.41. The minimum Gasteiger partial charge on any atom is -0.401 e. The first kappa shape index (κ1) is 18.3. The molecule has 0 unspecified atom stereocenters. The van der Waals surface area contributed by atoms with Crippen molar-refractivity contribution in [2.24, 2.45) is 34.7 Å². The second-order valence-corrected chi connectivity index (χ2v) is 7.41. The maximum atomic E-state index is 9.33. The molecule has 0 heterocycles. The summed E-state index contributed by atoms with van der Waals surface area (Å²) in [5, 5.41) is 11.2. The van der Waals surface area contributed by atoms with Crippen molar-refractivity contribution in [2.45, 2.75) is 60.3 Å². The van der Waals surface area contributed by atoms with Crippen LogP contribution in [-0.2, 0) is 0 Å². The second kappa shape index (κ2) is 7.50. The van der Waals surface area contributed by atoms with Crippen LogP contribution < -0.4 is 11.6 Å². The summed E-state index contributed by atoms with van der Waals surface area (Å²) >= 11 is 0. The predicted molar refractivity (Wildman–Crippen MR) is 88.9 cm³/mol. The molecule has 3 atom stereocenters. The van der Waals surface area contributed by atoms with Gasteiger partial charge in [0.1, 0.15) is 0 Å². The van der Waals surface area contributed by atoms with Gasteiger partial charge >= 0.3 is 0 Å². The van der Waals surface area contributed by atoms with E-state index in [9.17, 15) is 5.11 Å². The average Bonchev–Trinajstić information content (AvgIpc) is 3.06. The molecule has 1 fully saturated rings. The van der Waals surface area contributed by atoms with Crippen LogP contribution >= 0.6 is 0 Å². The highest BCUT2D eigenvalue weighted by atomic mass is 16.3. The summed E-state index contributed by atoms with van der Waals surface area (Å²) < 4.78 is 0. The third kappa shape index (κ3) is 4.89. The van der Waals surface area contributed by atoms with E-state index in [4.69, 9.17) is 11.6 Å². The predicted octanol–water partition coefficient (Wildman–Crippen LogP) is 2.83. The van der Waals surface area contributed by atoms with Gasteiger partial charge in [0, 0.05) is 24.5 Å². The number of rotatable bonds is 3. The van der Waals surface area contributed by atoms with Crippen molar-refractivity contribution in [2.75, 3.05) is 13.2 Å². The van der Waals surface area contributed by atoms with Gasteiger partial charge in [-0.15, -0.1) is 0 Å². The number of fused-ring (bicyclic) bond motifs is 1. The highest BCUT2D eigenvalue weighted by molar-refractivity contribution is 5.14. The first-order valence-electron chi connectivity index (χ1n) is 8.44. The lowest BCUT2D eigenvalue weighted by Crippen LogP contribution is -2.39. The highest BCUT2D eigenvalue weighted by Crippen LogP contribution is 2.53. The van der Waals surface area contributed by atoms with Crippen molar-refractivity contribution >= 4 is 0 Å². The molecular formula is C17H35N3O. The number of hydrazine groups is 1. The Kier molecular flexibility index (Phi) is 6.54. The Morgan fingerprint density at radius 3 is 2.14 bits per heavy atom. The van der Waals surface area contributed by atoms with Gasteiger partial charge in [0.05, 0.1) is 0 Å². The Labute approximate surface area is 130 Å². The number of aliphatic hydroxyl groups is 1. The van der Waals surface area contributed by atoms with Crippen LogP contribution in [0.1, 0.15) is 60.3 Å². The van der Waals surface area contributed by atoms with E-state index in [2.05, 4.69) is 20.8 Å². The first-order chi connectivity index (χ1) is 9.83. The van der Waals surface area contributed by atoms with Crippen LogP contribution in [0.5, 0.6) is 0 Å². The summed E-state index contributed by atoms with van der Waals surface area (Å²) in [6.45, 7) is 11.7. The fraction of sp³-hybridized carbons (Fsp3) is 0.882. The Morgan fingerprint density at radius 2 is 1.67 bits per heavy atom. The molecule has 1 saturated carbocycles. The number of hydrogen-bond donors (Lipinski definition) is 3. The summed E-state index contributed by atoms with van der Waals surface area (Å²) in [4.78, 5) is 0. The fourth-order valence-corrected chi connectivity index (χ4v) is 3.52. The zero-order valence-electron chi connectivity index (χ0n) is 14.5. The van der Waals surface area contributed by atoms with Crippen LogP contribution in [-0.4, -0.2) is 23.3 Å². The maximum Gasteiger partial charge on any atom is 0.0478 e. The molecule has 0 saturated heterocycles. The number of allylic oxidation sites excluding steroid dienone is 2. The summed E-state index contributed by atoms with van der Waals surface area (Å²) in [5.41, 5.74) is 8.47. The minimum absolute atomic E-state index is 0.167.